The molecule has 0 saturated heterocycles. The first-order valence-electron chi connectivity index (χ1n) is 7.54. The van der Waals surface area contributed by atoms with Gasteiger partial charge in [0.05, 0.1) is 12.9 Å². The van der Waals surface area contributed by atoms with Crippen LogP contribution in [-0.4, -0.2) is 28.6 Å². The van der Waals surface area contributed by atoms with Crippen LogP contribution >= 0.6 is 23.1 Å². The minimum absolute atomic E-state index is 0.0629. The van der Waals surface area contributed by atoms with Crippen LogP contribution < -0.4 is 4.74 Å². The molecule has 0 aliphatic rings. The first-order valence-corrected chi connectivity index (χ1v) is 9.34. The minimum Gasteiger partial charge on any atom is -0.497 e. The van der Waals surface area contributed by atoms with Crippen molar-refractivity contribution < 1.29 is 9.53 Å². The van der Waals surface area contributed by atoms with Crippen molar-refractivity contribution in [1.29, 1.82) is 0 Å². The number of benzene rings is 1. The number of thioether (sulfide) groups is 1. The standard InChI is InChI=1S/C18H18N2O2S2/c1-10-11(2)24-18-16(10)17(19-12(3)20-18)23-9-15(21)13-6-5-7-14(8-13)22-4/h5-8H,9H2,1-4H3. The normalized spacial score (nSPS) is 11.0. The topological polar surface area (TPSA) is 52.1 Å². The molecule has 0 bridgehead atoms. The van der Waals surface area contributed by atoms with Crippen LogP contribution in [-0.2, 0) is 0 Å². The summed E-state index contributed by atoms with van der Waals surface area (Å²) < 4.78 is 5.18. The van der Waals surface area contributed by atoms with Gasteiger partial charge in [0.2, 0.25) is 0 Å². The molecule has 24 heavy (non-hydrogen) atoms. The van der Waals surface area contributed by atoms with Crippen LogP contribution in [0.3, 0.4) is 0 Å². The zero-order chi connectivity index (χ0) is 17.3. The predicted octanol–water partition coefficient (Wildman–Crippen LogP) is 4.60. The summed E-state index contributed by atoms with van der Waals surface area (Å²) in [6.45, 7) is 6.06. The molecule has 3 aromatic rings. The van der Waals surface area contributed by atoms with Gasteiger partial charge in [-0.3, -0.25) is 4.79 Å². The number of methoxy groups -OCH3 is 1. The Bertz CT molecular complexity index is 919. The van der Waals surface area contributed by atoms with Crippen LogP contribution in [0.15, 0.2) is 29.3 Å². The summed E-state index contributed by atoms with van der Waals surface area (Å²) in [5, 5.41) is 1.96. The molecule has 6 heteroatoms. The second-order valence-corrected chi connectivity index (χ2v) is 7.65. The Morgan fingerprint density at radius 2 is 2.04 bits per heavy atom. The van der Waals surface area contributed by atoms with E-state index >= 15 is 0 Å². The molecule has 0 spiro atoms. The van der Waals surface area contributed by atoms with Crippen LogP contribution in [0, 0.1) is 20.8 Å². The lowest BCUT2D eigenvalue weighted by Gasteiger charge is -2.06. The van der Waals surface area contributed by atoms with Crippen LogP contribution in [0.2, 0.25) is 0 Å². The average Bonchev–Trinajstić information content (AvgIpc) is 2.86. The Balaban J connectivity index is 1.86. The molecule has 0 radical (unpaired) electrons. The lowest BCUT2D eigenvalue weighted by Crippen LogP contribution is -2.03. The molecular formula is C18H18N2O2S2. The van der Waals surface area contributed by atoms with E-state index in [4.69, 9.17) is 4.74 Å². The highest BCUT2D eigenvalue weighted by molar-refractivity contribution is 8.00. The molecule has 0 N–H and O–H groups in total. The summed E-state index contributed by atoms with van der Waals surface area (Å²) in [6, 6.07) is 7.24. The van der Waals surface area contributed by atoms with Gasteiger partial charge in [-0.25, -0.2) is 9.97 Å². The highest BCUT2D eigenvalue weighted by atomic mass is 32.2. The highest BCUT2D eigenvalue weighted by Crippen LogP contribution is 2.35. The molecule has 4 nitrogen and oxygen atoms in total. The number of nitrogens with zero attached hydrogens (tertiary/aromatic N) is 2. The quantitative estimate of drug-likeness (QED) is 0.379. The molecule has 2 aromatic heterocycles. The van der Waals surface area contributed by atoms with E-state index in [1.165, 1.54) is 22.2 Å². The van der Waals surface area contributed by atoms with Crippen LogP contribution in [0.25, 0.3) is 10.2 Å². The van der Waals surface area contributed by atoms with Crippen molar-refractivity contribution in [1.82, 2.24) is 9.97 Å². The van der Waals surface area contributed by atoms with E-state index in [0.29, 0.717) is 17.1 Å². The molecule has 0 amide bonds. The van der Waals surface area contributed by atoms with Crippen molar-refractivity contribution in [3.8, 4) is 5.75 Å². The van der Waals surface area contributed by atoms with E-state index in [-0.39, 0.29) is 5.78 Å². The lowest BCUT2D eigenvalue weighted by molar-refractivity contribution is 0.102. The molecule has 3 rings (SSSR count). The van der Waals surface area contributed by atoms with Gasteiger partial charge in [-0.15, -0.1) is 11.3 Å². The smallest absolute Gasteiger partial charge is 0.173 e. The number of ether oxygens (including phenoxy) is 1. The van der Waals surface area contributed by atoms with Gasteiger partial charge < -0.3 is 4.74 Å². The molecule has 124 valence electrons. The number of hydrogen-bond donors (Lipinski definition) is 0. The van der Waals surface area contributed by atoms with Gasteiger partial charge in [0, 0.05) is 15.8 Å². The second-order valence-electron chi connectivity index (χ2n) is 5.48. The third kappa shape index (κ3) is 3.30. The first-order chi connectivity index (χ1) is 11.5. The Hall–Kier alpha value is -1.92. The van der Waals surface area contributed by atoms with E-state index in [2.05, 4.69) is 23.8 Å². The molecule has 0 saturated carbocycles. The number of aryl methyl sites for hydroxylation is 3. The van der Waals surface area contributed by atoms with Crippen LogP contribution in [0.1, 0.15) is 26.6 Å². The summed E-state index contributed by atoms with van der Waals surface area (Å²) in [7, 11) is 1.60. The SMILES string of the molecule is COc1cccc(C(=O)CSc2nc(C)nc3sc(C)c(C)c23)c1. The summed E-state index contributed by atoms with van der Waals surface area (Å²) in [5.74, 6) is 1.83. The van der Waals surface area contributed by atoms with Crippen molar-refractivity contribution in [2.45, 2.75) is 25.8 Å². The predicted molar refractivity (Wildman–Crippen MR) is 99.7 cm³/mol. The molecule has 0 atom stereocenters. The van der Waals surface area contributed by atoms with Crippen LogP contribution in [0.4, 0.5) is 0 Å². The monoisotopic (exact) mass is 358 g/mol. The van der Waals surface area contributed by atoms with Crippen molar-refractivity contribution in [3.63, 3.8) is 0 Å². The largest absolute Gasteiger partial charge is 0.497 e. The molecule has 0 aliphatic heterocycles. The molecule has 1 aromatic carbocycles. The van der Waals surface area contributed by atoms with E-state index in [0.717, 1.165) is 21.1 Å². The highest BCUT2D eigenvalue weighted by Gasteiger charge is 2.16. The average molecular weight is 358 g/mol. The number of rotatable bonds is 5. The molecular weight excluding hydrogens is 340 g/mol. The maximum Gasteiger partial charge on any atom is 0.173 e. The summed E-state index contributed by atoms with van der Waals surface area (Å²) in [5.41, 5.74) is 1.86. The van der Waals surface area contributed by atoms with E-state index < -0.39 is 0 Å². The van der Waals surface area contributed by atoms with E-state index in [9.17, 15) is 4.79 Å². The van der Waals surface area contributed by atoms with Gasteiger partial charge in [-0.1, -0.05) is 23.9 Å². The molecule has 0 aliphatic carbocycles. The van der Waals surface area contributed by atoms with Gasteiger partial charge in [-0.2, -0.15) is 0 Å². The van der Waals surface area contributed by atoms with E-state index in [1.54, 1.807) is 24.5 Å². The minimum atomic E-state index is 0.0629. The summed E-state index contributed by atoms with van der Waals surface area (Å²) in [6.07, 6.45) is 0. The fourth-order valence-electron chi connectivity index (χ4n) is 2.43. The van der Waals surface area contributed by atoms with Gasteiger partial charge in [-0.05, 0) is 38.5 Å². The van der Waals surface area contributed by atoms with Crippen molar-refractivity contribution in [2.75, 3.05) is 12.9 Å². The summed E-state index contributed by atoms with van der Waals surface area (Å²) in [4.78, 5) is 23.8. The van der Waals surface area contributed by atoms with Crippen LogP contribution in [0.5, 0.6) is 5.75 Å². The zero-order valence-electron chi connectivity index (χ0n) is 14.0. The van der Waals surface area contributed by atoms with Gasteiger partial charge in [0.25, 0.3) is 0 Å². The Morgan fingerprint density at radius 1 is 1.25 bits per heavy atom. The third-order valence-corrected chi connectivity index (χ3v) is 5.92. The molecule has 0 unspecified atom stereocenters. The Kier molecular flexibility index (Phi) is 4.87. The first kappa shape index (κ1) is 16.9. The number of carbonyl (C=O) groups excluding carboxylic acids is 1. The number of thiophene rings is 1. The molecule has 2 heterocycles. The van der Waals surface area contributed by atoms with Gasteiger partial charge in [0.15, 0.2) is 5.78 Å². The van der Waals surface area contributed by atoms with Crippen molar-refractivity contribution in [2.24, 2.45) is 0 Å². The Labute approximate surface area is 149 Å². The number of carbonyl (C=O) groups is 1. The number of aromatic nitrogens is 2. The fourth-order valence-corrected chi connectivity index (χ4v) is 4.60. The van der Waals surface area contributed by atoms with Crippen molar-refractivity contribution in [3.05, 3.63) is 46.1 Å². The Morgan fingerprint density at radius 3 is 2.79 bits per heavy atom. The third-order valence-electron chi connectivity index (χ3n) is 3.84. The van der Waals surface area contributed by atoms with Gasteiger partial charge in [0.1, 0.15) is 21.4 Å². The van der Waals surface area contributed by atoms with Gasteiger partial charge >= 0.3 is 0 Å². The second kappa shape index (κ2) is 6.91. The van der Waals surface area contributed by atoms with Crippen molar-refractivity contribution >= 4 is 39.1 Å². The number of hydrogen-bond acceptors (Lipinski definition) is 6. The maximum absolute atomic E-state index is 12.5. The number of fused-ring (bicyclic) bond motifs is 1. The summed E-state index contributed by atoms with van der Waals surface area (Å²) >= 11 is 3.15. The molecule has 0 fully saturated rings. The number of ketones is 1. The van der Waals surface area contributed by atoms with E-state index in [1.807, 2.05) is 25.1 Å². The maximum atomic E-state index is 12.5. The fraction of sp³-hybridized carbons (Fsp3) is 0.278. The number of Topliss-reactive ketones (excluding diaryl/α,β-unsaturated/α-hetero) is 1. The zero-order valence-corrected chi connectivity index (χ0v) is 15.7. The lowest BCUT2D eigenvalue weighted by atomic mass is 10.1.